The van der Waals surface area contributed by atoms with E-state index in [-0.39, 0.29) is 5.91 Å². The number of aromatic nitrogens is 3. The van der Waals surface area contributed by atoms with Gasteiger partial charge in [0, 0.05) is 46.2 Å². The van der Waals surface area contributed by atoms with Gasteiger partial charge in [0.25, 0.3) is 0 Å². The van der Waals surface area contributed by atoms with Crippen LogP contribution in [0.1, 0.15) is 22.5 Å². The fraction of sp³-hybridized carbons (Fsp3) is 0.423. The molecule has 35 heavy (non-hydrogen) atoms. The minimum atomic E-state index is 0.143. The quantitative estimate of drug-likeness (QED) is 0.422. The molecule has 0 N–H and O–H groups in total. The van der Waals surface area contributed by atoms with Crippen molar-refractivity contribution in [3.8, 4) is 11.5 Å². The van der Waals surface area contributed by atoms with Gasteiger partial charge in [-0.05, 0) is 35.7 Å². The number of aryl methyl sites for hydroxylation is 1. The first-order valence-corrected chi connectivity index (χ1v) is 12.7. The molecule has 0 aliphatic carbocycles. The van der Waals surface area contributed by atoms with Crippen LogP contribution in [-0.2, 0) is 24.8 Å². The molecule has 9 heteroatoms. The predicted octanol–water partition coefficient (Wildman–Crippen LogP) is 3.17. The molecule has 1 aliphatic rings. The summed E-state index contributed by atoms with van der Waals surface area (Å²) in [7, 11) is 5.27. The molecule has 0 atom stereocenters. The normalized spacial score (nSPS) is 14.2. The maximum Gasteiger partial charge on any atom is 0.233 e. The second kappa shape index (κ2) is 11.6. The molecule has 0 spiro atoms. The highest BCUT2D eigenvalue weighted by Gasteiger charge is 2.23. The van der Waals surface area contributed by atoms with Crippen molar-refractivity contribution in [2.45, 2.75) is 25.0 Å². The minimum absolute atomic E-state index is 0.143. The number of thioether (sulfide) groups is 1. The van der Waals surface area contributed by atoms with E-state index in [0.29, 0.717) is 5.75 Å². The van der Waals surface area contributed by atoms with Gasteiger partial charge in [-0.25, -0.2) is 0 Å². The molecule has 0 saturated carbocycles. The average molecular weight is 496 g/mol. The summed E-state index contributed by atoms with van der Waals surface area (Å²) < 4.78 is 12.8. The molecule has 0 bridgehead atoms. The average Bonchev–Trinajstić information content (AvgIpc) is 3.23. The fourth-order valence-electron chi connectivity index (χ4n) is 4.21. The number of carbonyl (C=O) groups excluding carboxylic acids is 1. The Hall–Kier alpha value is -3.04. The highest BCUT2D eigenvalue weighted by Crippen LogP contribution is 2.31. The van der Waals surface area contributed by atoms with Crippen LogP contribution in [0.25, 0.3) is 0 Å². The van der Waals surface area contributed by atoms with Crippen LogP contribution < -0.4 is 9.47 Å². The molecule has 3 aromatic rings. The van der Waals surface area contributed by atoms with E-state index in [1.807, 2.05) is 40.8 Å². The van der Waals surface area contributed by atoms with Gasteiger partial charge in [0.2, 0.25) is 5.91 Å². The van der Waals surface area contributed by atoms with Gasteiger partial charge >= 0.3 is 0 Å². The molecule has 1 aliphatic heterocycles. The zero-order valence-corrected chi connectivity index (χ0v) is 21.7. The monoisotopic (exact) mass is 495 g/mol. The second-order valence-corrected chi connectivity index (χ2v) is 9.64. The van der Waals surface area contributed by atoms with Gasteiger partial charge in [-0.2, -0.15) is 0 Å². The molecule has 8 nitrogen and oxygen atoms in total. The van der Waals surface area contributed by atoms with Crippen LogP contribution in [0.15, 0.2) is 47.6 Å². The molecule has 0 unspecified atom stereocenters. The fourth-order valence-corrected chi connectivity index (χ4v) is 5.04. The molecule has 2 heterocycles. The highest BCUT2D eigenvalue weighted by molar-refractivity contribution is 7.99. The molecular formula is C26H33N5O3S. The minimum Gasteiger partial charge on any atom is -0.493 e. The smallest absolute Gasteiger partial charge is 0.233 e. The van der Waals surface area contributed by atoms with Crippen LogP contribution in [0.2, 0.25) is 0 Å². The summed E-state index contributed by atoms with van der Waals surface area (Å²) in [5.41, 5.74) is 3.58. The zero-order chi connectivity index (χ0) is 24.8. The van der Waals surface area contributed by atoms with Crippen molar-refractivity contribution in [2.24, 2.45) is 7.05 Å². The SMILES string of the molecule is COc1cc(C)c(CN2CCN(C(=O)CSc3nnc(Cc4ccccc4)n3C)CC2)cc1OC. The first-order chi connectivity index (χ1) is 17.0. The summed E-state index contributed by atoms with van der Waals surface area (Å²) >= 11 is 1.45. The lowest BCUT2D eigenvalue weighted by Gasteiger charge is -2.35. The van der Waals surface area contributed by atoms with E-state index in [4.69, 9.17) is 9.47 Å². The van der Waals surface area contributed by atoms with Gasteiger partial charge in [-0.15, -0.1) is 10.2 Å². The van der Waals surface area contributed by atoms with Crippen LogP contribution >= 0.6 is 11.8 Å². The van der Waals surface area contributed by atoms with E-state index in [0.717, 1.165) is 61.6 Å². The van der Waals surface area contributed by atoms with E-state index >= 15 is 0 Å². The standard InChI is InChI=1S/C26H33N5O3S/c1-19-14-22(33-3)23(34-4)16-21(19)17-30-10-12-31(13-11-30)25(32)18-35-26-28-27-24(29(26)2)15-20-8-6-5-7-9-20/h5-9,14,16H,10-13,15,17-18H2,1-4H3. The Kier molecular flexibility index (Phi) is 8.30. The predicted molar refractivity (Wildman–Crippen MR) is 137 cm³/mol. The number of rotatable bonds is 9. The largest absolute Gasteiger partial charge is 0.493 e. The Labute approximate surface area is 211 Å². The summed E-state index contributed by atoms with van der Waals surface area (Å²) in [6.45, 7) is 6.05. The molecule has 2 aromatic carbocycles. The summed E-state index contributed by atoms with van der Waals surface area (Å²) in [6.07, 6.45) is 0.723. The van der Waals surface area contributed by atoms with Crippen molar-refractivity contribution in [3.63, 3.8) is 0 Å². The Balaban J connectivity index is 1.26. The molecule has 0 radical (unpaired) electrons. The van der Waals surface area contributed by atoms with Crippen molar-refractivity contribution in [1.82, 2.24) is 24.6 Å². The van der Waals surface area contributed by atoms with Crippen LogP contribution in [-0.4, -0.2) is 76.6 Å². The molecule has 1 fully saturated rings. The number of ether oxygens (including phenoxy) is 2. The third-order valence-corrected chi connectivity index (χ3v) is 7.42. The second-order valence-electron chi connectivity index (χ2n) is 8.70. The van der Waals surface area contributed by atoms with Gasteiger partial charge < -0.3 is 18.9 Å². The molecule has 1 aromatic heterocycles. The van der Waals surface area contributed by atoms with Crippen LogP contribution in [0.5, 0.6) is 11.5 Å². The number of carbonyl (C=O) groups is 1. The van der Waals surface area contributed by atoms with Crippen molar-refractivity contribution in [3.05, 3.63) is 65.0 Å². The number of piperazine rings is 1. The summed E-state index contributed by atoms with van der Waals surface area (Å²) in [6, 6.07) is 14.3. The van der Waals surface area contributed by atoms with E-state index in [1.165, 1.54) is 28.5 Å². The number of methoxy groups -OCH3 is 2. The van der Waals surface area contributed by atoms with Crippen LogP contribution in [0, 0.1) is 6.92 Å². The molecule has 4 rings (SSSR count). The van der Waals surface area contributed by atoms with Crippen molar-refractivity contribution in [1.29, 1.82) is 0 Å². The molecule has 1 amide bonds. The van der Waals surface area contributed by atoms with Gasteiger partial charge in [0.05, 0.1) is 20.0 Å². The van der Waals surface area contributed by atoms with Gasteiger partial charge in [-0.1, -0.05) is 42.1 Å². The third-order valence-electron chi connectivity index (χ3n) is 6.42. The van der Waals surface area contributed by atoms with Gasteiger partial charge in [0.15, 0.2) is 16.7 Å². The van der Waals surface area contributed by atoms with E-state index in [1.54, 1.807) is 14.2 Å². The maximum atomic E-state index is 12.9. The lowest BCUT2D eigenvalue weighted by Crippen LogP contribution is -2.48. The summed E-state index contributed by atoms with van der Waals surface area (Å²) in [4.78, 5) is 17.2. The molecule has 1 saturated heterocycles. The number of amides is 1. The topological polar surface area (TPSA) is 72.7 Å². The van der Waals surface area contributed by atoms with Crippen LogP contribution in [0.3, 0.4) is 0 Å². The van der Waals surface area contributed by atoms with Crippen molar-refractivity contribution >= 4 is 17.7 Å². The Morgan fingerprint density at radius 2 is 1.69 bits per heavy atom. The molecule has 186 valence electrons. The lowest BCUT2D eigenvalue weighted by atomic mass is 10.1. The van der Waals surface area contributed by atoms with Crippen LogP contribution in [0.4, 0.5) is 0 Å². The summed E-state index contributed by atoms with van der Waals surface area (Å²) in [5, 5.41) is 9.40. The number of hydrogen-bond acceptors (Lipinski definition) is 7. The van der Waals surface area contributed by atoms with E-state index in [9.17, 15) is 4.79 Å². The Morgan fingerprint density at radius 1 is 1.00 bits per heavy atom. The first kappa shape index (κ1) is 25.1. The van der Waals surface area contributed by atoms with Gasteiger partial charge in [0.1, 0.15) is 5.82 Å². The third kappa shape index (κ3) is 6.15. The number of nitrogens with zero attached hydrogens (tertiary/aromatic N) is 5. The van der Waals surface area contributed by atoms with Crippen molar-refractivity contribution in [2.75, 3.05) is 46.2 Å². The van der Waals surface area contributed by atoms with Crippen molar-refractivity contribution < 1.29 is 14.3 Å². The van der Waals surface area contributed by atoms with Gasteiger partial charge in [-0.3, -0.25) is 9.69 Å². The zero-order valence-electron chi connectivity index (χ0n) is 20.9. The Bertz CT molecular complexity index is 1140. The highest BCUT2D eigenvalue weighted by atomic mass is 32.2. The number of hydrogen-bond donors (Lipinski definition) is 0. The first-order valence-electron chi connectivity index (χ1n) is 11.7. The van der Waals surface area contributed by atoms with E-state index < -0.39 is 0 Å². The molecular weight excluding hydrogens is 462 g/mol. The summed E-state index contributed by atoms with van der Waals surface area (Å²) in [5.74, 6) is 2.90. The Morgan fingerprint density at radius 3 is 2.37 bits per heavy atom. The lowest BCUT2D eigenvalue weighted by molar-refractivity contribution is -0.130. The number of benzene rings is 2. The maximum absolute atomic E-state index is 12.9. The van der Waals surface area contributed by atoms with E-state index in [2.05, 4.69) is 40.2 Å².